The van der Waals surface area contributed by atoms with Gasteiger partial charge in [-0.15, -0.1) is 0 Å². The molecule has 1 saturated heterocycles. The second kappa shape index (κ2) is 5.81. The Balaban J connectivity index is 1.51. The Morgan fingerprint density at radius 3 is 2.58 bits per heavy atom. The van der Waals surface area contributed by atoms with E-state index < -0.39 is 0 Å². The Bertz CT molecular complexity index is 339. The number of rotatable bonds is 5. The molecule has 3 heteroatoms. The summed E-state index contributed by atoms with van der Waals surface area (Å²) >= 11 is 0. The van der Waals surface area contributed by atoms with Crippen LogP contribution in [-0.2, 0) is 4.74 Å². The van der Waals surface area contributed by atoms with Gasteiger partial charge >= 0.3 is 0 Å². The number of ether oxygens (including phenoxy) is 1. The van der Waals surface area contributed by atoms with Gasteiger partial charge in [-0.2, -0.15) is 5.26 Å². The molecule has 3 aliphatic rings. The summed E-state index contributed by atoms with van der Waals surface area (Å²) in [6.07, 6.45) is 12.9. The Kier molecular flexibility index (Phi) is 4.10. The van der Waals surface area contributed by atoms with Crippen molar-refractivity contribution in [3.05, 3.63) is 0 Å². The molecular weight excluding hydrogens is 236 g/mol. The molecule has 1 spiro atoms. The minimum atomic E-state index is 0.243. The SMILES string of the molecule is N#CCCN(CC1CCC2(CCCCC2)O1)C1CC1. The van der Waals surface area contributed by atoms with Crippen LogP contribution >= 0.6 is 0 Å². The number of nitriles is 1. The first-order valence-electron chi connectivity index (χ1n) is 8.10. The van der Waals surface area contributed by atoms with E-state index in [1.807, 2.05) is 0 Å². The summed E-state index contributed by atoms with van der Waals surface area (Å²) in [7, 11) is 0. The maximum atomic E-state index is 8.77. The number of hydrogen-bond acceptors (Lipinski definition) is 3. The van der Waals surface area contributed by atoms with Gasteiger partial charge in [0.25, 0.3) is 0 Å². The predicted octanol–water partition coefficient (Wildman–Crippen LogP) is 3.25. The lowest BCUT2D eigenvalue weighted by Gasteiger charge is -2.34. The zero-order chi connectivity index (χ0) is 13.1. The monoisotopic (exact) mass is 262 g/mol. The average Bonchev–Trinajstić information content (AvgIpc) is 3.21. The standard InChI is InChI=1S/C16H26N2O/c17-11-4-12-18(14-5-6-14)13-15-7-10-16(19-15)8-2-1-3-9-16/h14-15H,1-10,12-13H2. The van der Waals surface area contributed by atoms with Crippen LogP contribution in [0, 0.1) is 11.3 Å². The maximum Gasteiger partial charge on any atom is 0.0710 e. The summed E-state index contributed by atoms with van der Waals surface area (Å²) in [5.74, 6) is 0. The summed E-state index contributed by atoms with van der Waals surface area (Å²) in [6, 6.07) is 3.03. The van der Waals surface area contributed by atoms with Gasteiger partial charge in [-0.1, -0.05) is 19.3 Å². The smallest absolute Gasteiger partial charge is 0.0710 e. The van der Waals surface area contributed by atoms with Crippen LogP contribution in [0.25, 0.3) is 0 Å². The molecule has 19 heavy (non-hydrogen) atoms. The molecule has 3 fully saturated rings. The third-order valence-corrected chi connectivity index (χ3v) is 5.12. The van der Waals surface area contributed by atoms with E-state index in [4.69, 9.17) is 10.00 Å². The summed E-state index contributed by atoms with van der Waals surface area (Å²) in [4.78, 5) is 2.51. The average molecular weight is 262 g/mol. The highest BCUT2D eigenvalue weighted by Gasteiger charge is 2.42. The van der Waals surface area contributed by atoms with Crippen LogP contribution in [0.2, 0.25) is 0 Å². The van der Waals surface area contributed by atoms with Crippen molar-refractivity contribution in [2.45, 2.75) is 82.0 Å². The van der Waals surface area contributed by atoms with Crippen LogP contribution in [0.4, 0.5) is 0 Å². The topological polar surface area (TPSA) is 36.3 Å². The van der Waals surface area contributed by atoms with Gasteiger partial charge in [-0.05, 0) is 38.5 Å². The van der Waals surface area contributed by atoms with Gasteiger partial charge in [-0.3, -0.25) is 4.90 Å². The molecule has 0 aromatic rings. The molecule has 1 unspecified atom stereocenters. The van der Waals surface area contributed by atoms with Crippen molar-refractivity contribution >= 4 is 0 Å². The molecule has 0 aromatic heterocycles. The molecular formula is C16H26N2O. The normalized spacial score (nSPS) is 29.8. The molecule has 2 saturated carbocycles. The van der Waals surface area contributed by atoms with E-state index >= 15 is 0 Å². The number of hydrogen-bond donors (Lipinski definition) is 0. The van der Waals surface area contributed by atoms with Crippen molar-refractivity contribution in [2.24, 2.45) is 0 Å². The van der Waals surface area contributed by atoms with Crippen LogP contribution in [0.3, 0.4) is 0 Å². The van der Waals surface area contributed by atoms with E-state index in [0.29, 0.717) is 12.5 Å². The van der Waals surface area contributed by atoms with Crippen LogP contribution in [-0.4, -0.2) is 35.7 Å². The van der Waals surface area contributed by atoms with Crippen LogP contribution in [0.15, 0.2) is 0 Å². The summed E-state index contributed by atoms with van der Waals surface area (Å²) in [5, 5.41) is 8.77. The lowest BCUT2D eigenvalue weighted by atomic mass is 9.83. The molecule has 106 valence electrons. The molecule has 1 heterocycles. The van der Waals surface area contributed by atoms with E-state index in [1.54, 1.807) is 0 Å². The van der Waals surface area contributed by atoms with Crippen molar-refractivity contribution < 1.29 is 4.74 Å². The van der Waals surface area contributed by atoms with Crippen LogP contribution in [0.5, 0.6) is 0 Å². The van der Waals surface area contributed by atoms with Crippen LogP contribution < -0.4 is 0 Å². The minimum absolute atomic E-state index is 0.243. The molecule has 0 aromatic carbocycles. The molecule has 0 amide bonds. The Labute approximate surface area is 116 Å². The van der Waals surface area contributed by atoms with Gasteiger partial charge in [0.15, 0.2) is 0 Å². The molecule has 0 bridgehead atoms. The Hall–Kier alpha value is -0.590. The first-order chi connectivity index (χ1) is 9.31. The van der Waals surface area contributed by atoms with E-state index in [0.717, 1.165) is 19.1 Å². The zero-order valence-electron chi connectivity index (χ0n) is 11.9. The van der Waals surface area contributed by atoms with Crippen molar-refractivity contribution in [1.82, 2.24) is 4.90 Å². The van der Waals surface area contributed by atoms with Gasteiger partial charge in [0.05, 0.1) is 17.8 Å². The first kappa shape index (κ1) is 13.4. The molecule has 0 radical (unpaired) electrons. The van der Waals surface area contributed by atoms with E-state index in [9.17, 15) is 0 Å². The fraction of sp³-hybridized carbons (Fsp3) is 0.938. The summed E-state index contributed by atoms with van der Waals surface area (Å²) in [5.41, 5.74) is 0.243. The van der Waals surface area contributed by atoms with Crippen LogP contribution in [0.1, 0.15) is 64.2 Å². The lowest BCUT2D eigenvalue weighted by Crippen LogP contribution is -2.38. The minimum Gasteiger partial charge on any atom is -0.370 e. The quantitative estimate of drug-likeness (QED) is 0.763. The largest absolute Gasteiger partial charge is 0.370 e. The predicted molar refractivity (Wildman–Crippen MR) is 74.7 cm³/mol. The summed E-state index contributed by atoms with van der Waals surface area (Å²) < 4.78 is 6.45. The molecule has 1 atom stereocenters. The second-order valence-electron chi connectivity index (χ2n) is 6.66. The summed E-state index contributed by atoms with van der Waals surface area (Å²) in [6.45, 7) is 2.00. The molecule has 2 aliphatic carbocycles. The van der Waals surface area contributed by atoms with Gasteiger partial charge in [0.1, 0.15) is 0 Å². The highest BCUT2D eigenvalue weighted by atomic mass is 16.5. The molecule has 3 nitrogen and oxygen atoms in total. The van der Waals surface area contributed by atoms with Crippen molar-refractivity contribution in [3.63, 3.8) is 0 Å². The number of nitrogens with zero attached hydrogens (tertiary/aromatic N) is 2. The fourth-order valence-electron chi connectivity index (χ4n) is 3.91. The van der Waals surface area contributed by atoms with E-state index in [1.165, 1.54) is 57.8 Å². The first-order valence-corrected chi connectivity index (χ1v) is 8.10. The van der Waals surface area contributed by atoms with Gasteiger partial charge in [0, 0.05) is 25.6 Å². The Morgan fingerprint density at radius 1 is 1.11 bits per heavy atom. The molecule has 1 aliphatic heterocycles. The Morgan fingerprint density at radius 2 is 1.89 bits per heavy atom. The molecule has 3 rings (SSSR count). The third kappa shape index (κ3) is 3.30. The van der Waals surface area contributed by atoms with Gasteiger partial charge in [-0.25, -0.2) is 0 Å². The van der Waals surface area contributed by atoms with Gasteiger partial charge < -0.3 is 4.74 Å². The lowest BCUT2D eigenvalue weighted by molar-refractivity contribution is -0.0723. The zero-order valence-corrected chi connectivity index (χ0v) is 11.9. The van der Waals surface area contributed by atoms with Crippen molar-refractivity contribution in [3.8, 4) is 6.07 Å². The fourth-order valence-corrected chi connectivity index (χ4v) is 3.91. The highest BCUT2D eigenvalue weighted by molar-refractivity contribution is 4.94. The van der Waals surface area contributed by atoms with Crippen molar-refractivity contribution in [2.75, 3.05) is 13.1 Å². The maximum absolute atomic E-state index is 8.77. The second-order valence-corrected chi connectivity index (χ2v) is 6.66. The highest BCUT2D eigenvalue weighted by Crippen LogP contribution is 2.42. The molecule has 0 N–H and O–H groups in total. The van der Waals surface area contributed by atoms with E-state index in [2.05, 4.69) is 11.0 Å². The van der Waals surface area contributed by atoms with Crippen molar-refractivity contribution in [1.29, 1.82) is 5.26 Å². The van der Waals surface area contributed by atoms with E-state index in [-0.39, 0.29) is 5.60 Å². The van der Waals surface area contributed by atoms with Gasteiger partial charge in [0.2, 0.25) is 0 Å². The third-order valence-electron chi connectivity index (χ3n) is 5.12.